The first-order valence-corrected chi connectivity index (χ1v) is 17.0. The first-order valence-electron chi connectivity index (χ1n) is 14.6. The number of rotatable bonds is 7. The van der Waals surface area contributed by atoms with Crippen LogP contribution in [0.5, 0.6) is 0 Å². The van der Waals surface area contributed by atoms with Gasteiger partial charge in [-0.25, -0.2) is 18.4 Å². The molecule has 0 bridgehead atoms. The fraction of sp³-hybridized carbons (Fsp3) is 0.483. The van der Waals surface area contributed by atoms with Crippen LogP contribution in [0.25, 0.3) is 10.6 Å². The third-order valence-corrected chi connectivity index (χ3v) is 11.5. The monoisotopic (exact) mass is 666 g/mol. The molecular formula is C29H33F3N6O5S2. The van der Waals surface area contributed by atoms with E-state index in [-0.39, 0.29) is 64.8 Å². The predicted molar refractivity (Wildman–Crippen MR) is 163 cm³/mol. The lowest BCUT2D eigenvalue weighted by Gasteiger charge is -2.40. The number of hydrogen-bond acceptors (Lipinski definition) is 11. The summed E-state index contributed by atoms with van der Waals surface area (Å²) >= 11 is 0.685. The SMILES string of the molecule is CCc1cc(N2CCN(C)C(CO)C2)ccc1Nc1ncc(C(F)(F)F)c(-c2cc3c(s2)C(=O)N(C2COC2)CCS3(=O)=O)n1. The number of aromatic nitrogens is 2. The van der Waals surface area contributed by atoms with Crippen molar-refractivity contribution in [2.24, 2.45) is 0 Å². The van der Waals surface area contributed by atoms with Crippen LogP contribution < -0.4 is 10.2 Å². The number of carbonyl (C=O) groups is 1. The van der Waals surface area contributed by atoms with E-state index in [1.807, 2.05) is 32.2 Å². The molecule has 1 unspecified atom stereocenters. The number of likely N-dealkylation sites (N-methyl/N-ethyl adjacent to an activating group) is 1. The Kier molecular flexibility index (Phi) is 8.54. The highest BCUT2D eigenvalue weighted by Crippen LogP contribution is 2.42. The van der Waals surface area contributed by atoms with Crippen molar-refractivity contribution in [3.63, 3.8) is 0 Å². The molecule has 6 rings (SSSR count). The summed E-state index contributed by atoms with van der Waals surface area (Å²) in [5.74, 6) is -0.993. The minimum Gasteiger partial charge on any atom is -0.395 e. The van der Waals surface area contributed by atoms with E-state index in [9.17, 15) is 31.5 Å². The van der Waals surface area contributed by atoms with Crippen molar-refractivity contribution in [3.8, 4) is 10.6 Å². The number of benzene rings is 1. The van der Waals surface area contributed by atoms with E-state index >= 15 is 0 Å². The van der Waals surface area contributed by atoms with Gasteiger partial charge >= 0.3 is 6.18 Å². The molecule has 1 atom stereocenters. The second-order valence-corrected chi connectivity index (χ2v) is 14.5. The summed E-state index contributed by atoms with van der Waals surface area (Å²) in [6, 6.07) is 6.57. The number of fused-ring (bicyclic) bond motifs is 1. The van der Waals surface area contributed by atoms with E-state index in [2.05, 4.69) is 25.1 Å². The van der Waals surface area contributed by atoms with Gasteiger partial charge in [0, 0.05) is 43.8 Å². The summed E-state index contributed by atoms with van der Waals surface area (Å²) < 4.78 is 74.0. The number of nitrogens with one attached hydrogen (secondary N) is 1. The molecule has 1 amide bonds. The van der Waals surface area contributed by atoms with Gasteiger partial charge in [0.1, 0.15) is 10.4 Å². The number of carbonyl (C=O) groups excluding carboxylic acids is 1. The largest absolute Gasteiger partial charge is 0.420 e. The first kappa shape index (κ1) is 31.7. The number of nitrogens with zero attached hydrogens (tertiary/aromatic N) is 5. The number of hydrogen-bond donors (Lipinski definition) is 2. The van der Waals surface area contributed by atoms with Crippen LogP contribution in [0, 0.1) is 0 Å². The van der Waals surface area contributed by atoms with E-state index in [0.29, 0.717) is 36.2 Å². The first-order chi connectivity index (χ1) is 21.4. The summed E-state index contributed by atoms with van der Waals surface area (Å²) in [6.07, 6.45) is -3.55. The van der Waals surface area contributed by atoms with E-state index in [4.69, 9.17) is 4.74 Å². The maximum absolute atomic E-state index is 14.2. The van der Waals surface area contributed by atoms with Gasteiger partial charge in [0.25, 0.3) is 5.91 Å². The van der Waals surface area contributed by atoms with E-state index < -0.39 is 33.2 Å². The summed E-state index contributed by atoms with van der Waals surface area (Å²) in [7, 11) is -1.96. The Bertz CT molecular complexity index is 1710. The lowest BCUT2D eigenvalue weighted by molar-refractivity contribution is -0.137. The Hall–Kier alpha value is -3.31. The minimum absolute atomic E-state index is 0.00784. The van der Waals surface area contributed by atoms with Gasteiger partial charge in [-0.3, -0.25) is 9.69 Å². The maximum Gasteiger partial charge on any atom is 0.420 e. The van der Waals surface area contributed by atoms with Crippen LogP contribution in [0.3, 0.4) is 0 Å². The second kappa shape index (κ2) is 12.1. The van der Waals surface area contributed by atoms with Crippen molar-refractivity contribution < 1.29 is 36.2 Å². The van der Waals surface area contributed by atoms with Gasteiger partial charge in [-0.15, -0.1) is 11.3 Å². The van der Waals surface area contributed by atoms with Crippen LogP contribution in [0.4, 0.5) is 30.5 Å². The van der Waals surface area contributed by atoms with E-state index in [0.717, 1.165) is 30.4 Å². The summed E-state index contributed by atoms with van der Waals surface area (Å²) in [4.78, 5) is 26.8. The molecule has 45 heavy (non-hydrogen) atoms. The Labute approximate surface area is 262 Å². The molecule has 3 aromatic rings. The number of thiophene rings is 1. The predicted octanol–water partition coefficient (Wildman–Crippen LogP) is 3.27. The molecule has 16 heteroatoms. The van der Waals surface area contributed by atoms with Crippen LogP contribution in [0.2, 0.25) is 0 Å². The molecule has 2 aromatic heterocycles. The van der Waals surface area contributed by atoms with Gasteiger partial charge in [0.2, 0.25) is 5.95 Å². The number of halogens is 3. The highest BCUT2D eigenvalue weighted by molar-refractivity contribution is 7.91. The molecule has 0 radical (unpaired) electrons. The van der Waals surface area contributed by atoms with E-state index in [1.54, 1.807) is 0 Å². The van der Waals surface area contributed by atoms with Crippen LogP contribution in [0.1, 0.15) is 27.7 Å². The number of sulfone groups is 1. The number of ether oxygens (including phenoxy) is 1. The van der Waals surface area contributed by atoms with Crippen molar-refractivity contribution in [1.29, 1.82) is 0 Å². The number of aliphatic hydroxyl groups is 1. The number of amides is 1. The number of aliphatic hydroxyl groups excluding tert-OH is 1. The lowest BCUT2D eigenvalue weighted by Crippen LogP contribution is -2.53. The fourth-order valence-electron chi connectivity index (χ4n) is 5.71. The topological polar surface area (TPSA) is 128 Å². The number of anilines is 3. The molecule has 0 spiro atoms. The van der Waals surface area contributed by atoms with Crippen molar-refractivity contribution in [2.75, 3.05) is 69.0 Å². The molecule has 2 N–H and O–H groups in total. The second-order valence-electron chi connectivity index (χ2n) is 11.3. The quantitative estimate of drug-likeness (QED) is 0.388. The Morgan fingerprint density at radius 1 is 1.18 bits per heavy atom. The molecule has 2 fully saturated rings. The van der Waals surface area contributed by atoms with Gasteiger partial charge in [-0.2, -0.15) is 13.2 Å². The molecule has 1 aromatic carbocycles. The van der Waals surface area contributed by atoms with Crippen LogP contribution in [0.15, 0.2) is 35.4 Å². The lowest BCUT2D eigenvalue weighted by atomic mass is 10.1. The van der Waals surface area contributed by atoms with Crippen molar-refractivity contribution >= 4 is 44.4 Å². The summed E-state index contributed by atoms with van der Waals surface area (Å²) in [5.41, 5.74) is 0.806. The normalized spacial score (nSPS) is 20.9. The third kappa shape index (κ3) is 6.13. The zero-order valence-corrected chi connectivity index (χ0v) is 26.3. The van der Waals surface area contributed by atoms with Crippen molar-refractivity contribution in [3.05, 3.63) is 46.5 Å². The number of aryl methyl sites for hydroxylation is 1. The number of piperazine rings is 1. The highest BCUT2D eigenvalue weighted by atomic mass is 32.2. The Morgan fingerprint density at radius 2 is 1.96 bits per heavy atom. The average Bonchev–Trinajstić information content (AvgIpc) is 3.41. The molecule has 3 aliphatic rings. The van der Waals surface area contributed by atoms with Gasteiger partial charge in [0.15, 0.2) is 9.84 Å². The molecular weight excluding hydrogens is 633 g/mol. The van der Waals surface area contributed by atoms with Crippen molar-refractivity contribution in [2.45, 2.75) is 36.5 Å². The molecule has 5 heterocycles. The Morgan fingerprint density at radius 3 is 2.62 bits per heavy atom. The van der Waals surface area contributed by atoms with Gasteiger partial charge in [-0.1, -0.05) is 6.92 Å². The van der Waals surface area contributed by atoms with Crippen molar-refractivity contribution in [1.82, 2.24) is 19.8 Å². The summed E-state index contributed by atoms with van der Waals surface area (Å²) in [6.45, 7) is 4.77. The van der Waals surface area contributed by atoms with Crippen LogP contribution in [-0.4, -0.2) is 110 Å². The molecule has 3 aliphatic heterocycles. The molecule has 242 valence electrons. The third-order valence-electron chi connectivity index (χ3n) is 8.55. The van der Waals surface area contributed by atoms with Gasteiger partial charge in [0.05, 0.1) is 53.1 Å². The molecule has 0 aliphatic carbocycles. The van der Waals surface area contributed by atoms with E-state index in [1.165, 1.54) is 4.90 Å². The van der Waals surface area contributed by atoms with Gasteiger partial charge in [-0.05, 0) is 43.3 Å². The molecule has 2 saturated heterocycles. The van der Waals surface area contributed by atoms with Gasteiger partial charge < -0.3 is 25.0 Å². The minimum atomic E-state index is -4.83. The summed E-state index contributed by atoms with van der Waals surface area (Å²) in [5, 5.41) is 12.8. The molecule has 11 nitrogen and oxygen atoms in total. The van der Waals surface area contributed by atoms with Crippen LogP contribution in [-0.2, 0) is 27.2 Å². The zero-order valence-electron chi connectivity index (χ0n) is 24.7. The van der Waals surface area contributed by atoms with Crippen LogP contribution >= 0.6 is 11.3 Å². The Balaban J connectivity index is 1.34. The maximum atomic E-state index is 14.2. The fourth-order valence-corrected chi connectivity index (χ4v) is 8.63. The smallest absolute Gasteiger partial charge is 0.395 e. The molecule has 0 saturated carbocycles. The zero-order chi connectivity index (χ0) is 32.1. The standard InChI is InChI=1S/C29H33F3N6O5S2/c1-3-17-10-18(37-7-6-36(2)19(13-37)14-39)4-5-22(17)34-28-33-12-21(29(30,31)32)25(35-28)23-11-24-26(44-23)27(40)38(20-15-43-16-20)8-9-45(24,41)42/h4-5,10-12,19-20,39H,3,6-9,13-16H2,1-2H3,(H,33,34,35). The average molecular weight is 667 g/mol. The highest BCUT2D eigenvalue weighted by Gasteiger charge is 2.41. The number of alkyl halides is 3.